The van der Waals surface area contributed by atoms with Crippen LogP contribution < -0.4 is 11.3 Å². The van der Waals surface area contributed by atoms with Gasteiger partial charge in [0, 0.05) is 0 Å². The maximum absolute atomic E-state index is 9.62. The summed E-state index contributed by atoms with van der Waals surface area (Å²) in [6.07, 6.45) is 1.26. The van der Waals surface area contributed by atoms with Gasteiger partial charge in [0.2, 0.25) is 12.2 Å². The zero-order valence-corrected chi connectivity index (χ0v) is 4.74. The molecular weight excluding hydrogens is 140 g/mol. The highest BCUT2D eigenvalue weighted by Crippen LogP contribution is 1.73. The van der Waals surface area contributed by atoms with Crippen LogP contribution in [0.2, 0.25) is 0 Å². The third-order valence-corrected chi connectivity index (χ3v) is 0.523. The van der Waals surface area contributed by atoms with Crippen molar-refractivity contribution in [2.45, 2.75) is 0 Å². The highest BCUT2D eigenvalue weighted by Gasteiger charge is 2.08. The largest absolute Gasteiger partial charge is 0.368 e. The molecule has 0 unspecified atom stereocenters. The lowest BCUT2D eigenvalue weighted by Gasteiger charge is -2.05. The van der Waals surface area contributed by atoms with Gasteiger partial charge < -0.3 is 5.73 Å². The summed E-state index contributed by atoms with van der Waals surface area (Å²) in [4.78, 5) is 9.62. The molecule has 0 radical (unpaired) electrons. The van der Waals surface area contributed by atoms with Crippen molar-refractivity contribution in [3.8, 4) is 6.19 Å². The van der Waals surface area contributed by atoms with Crippen LogP contribution >= 0.6 is 0 Å². The molecule has 0 aliphatic rings. The summed E-state index contributed by atoms with van der Waals surface area (Å²) in [5.74, 6) is -0.737. The smallest absolute Gasteiger partial charge is 0.227 e. The van der Waals surface area contributed by atoms with E-state index in [1.807, 2.05) is 0 Å². The second kappa shape index (κ2) is 3.08. The van der Waals surface area contributed by atoms with E-state index in [1.54, 1.807) is 0 Å². The molecule has 0 aliphatic heterocycles. The van der Waals surface area contributed by atoms with E-state index in [2.05, 4.69) is 0 Å². The number of nitriles is 1. The molecule has 0 amide bonds. The number of nitrogens with zero attached hydrogens (tertiary/aromatic N) is 3. The first-order valence-corrected chi connectivity index (χ1v) is 2.02. The van der Waals surface area contributed by atoms with Gasteiger partial charge in [-0.2, -0.15) is 5.26 Å². The quantitative estimate of drug-likeness (QED) is 0.106. The molecule has 10 heavy (non-hydrogen) atoms. The molecule has 0 aliphatic carbocycles. The minimum absolute atomic E-state index is 0.208. The Labute approximate surface area is 55.4 Å². The molecule has 0 aromatic heterocycles. The van der Waals surface area contributed by atoms with Crippen molar-refractivity contribution in [3.05, 3.63) is 10.1 Å². The van der Waals surface area contributed by atoms with Gasteiger partial charge in [0.1, 0.15) is 0 Å². The zero-order chi connectivity index (χ0) is 8.15. The summed E-state index contributed by atoms with van der Waals surface area (Å²) in [5, 5.41) is 23.4. The van der Waals surface area contributed by atoms with E-state index in [1.165, 1.54) is 11.7 Å². The summed E-state index contributed by atoms with van der Waals surface area (Å²) < 4.78 is 0. The predicted octanol–water partition coefficient (Wildman–Crippen LogP) is -1.64. The summed E-state index contributed by atoms with van der Waals surface area (Å²) in [6, 6.07) is 0. The number of hydrazine groups is 2. The molecule has 0 heterocycles. The standard InChI is InChI=1S/C2H4N6O2/c3-1-7(2(4)5)6-8(9)10/h6H,(H3,4,5). The van der Waals surface area contributed by atoms with Crippen molar-refractivity contribution in [1.29, 1.82) is 10.7 Å². The second-order valence-corrected chi connectivity index (χ2v) is 1.18. The van der Waals surface area contributed by atoms with Crippen LogP contribution in [0.1, 0.15) is 0 Å². The van der Waals surface area contributed by atoms with E-state index in [-0.39, 0.29) is 5.01 Å². The maximum atomic E-state index is 9.62. The van der Waals surface area contributed by atoms with Gasteiger partial charge in [0.15, 0.2) is 5.03 Å². The first kappa shape index (κ1) is 7.96. The molecule has 0 rings (SSSR count). The molecule has 0 saturated heterocycles. The van der Waals surface area contributed by atoms with Crippen molar-refractivity contribution < 1.29 is 5.03 Å². The molecule has 54 valence electrons. The van der Waals surface area contributed by atoms with Crippen LogP contribution in [-0.2, 0) is 0 Å². The van der Waals surface area contributed by atoms with Crippen molar-refractivity contribution >= 4 is 5.96 Å². The number of nitro groups is 1. The average molecular weight is 144 g/mol. The molecule has 0 fully saturated rings. The van der Waals surface area contributed by atoms with Crippen LogP contribution in [-0.4, -0.2) is 16.0 Å². The summed E-state index contributed by atoms with van der Waals surface area (Å²) in [6.45, 7) is 0. The number of nitrogens with one attached hydrogen (secondary N) is 2. The minimum atomic E-state index is -0.995. The Morgan fingerprint density at radius 3 is 2.60 bits per heavy atom. The van der Waals surface area contributed by atoms with Crippen molar-refractivity contribution in [2.75, 3.05) is 0 Å². The Bertz CT molecular complexity index is 192. The molecule has 0 aromatic rings. The third kappa shape index (κ3) is 2.31. The predicted molar refractivity (Wildman–Crippen MR) is 29.5 cm³/mol. The Morgan fingerprint density at radius 2 is 2.50 bits per heavy atom. The summed E-state index contributed by atoms with van der Waals surface area (Å²) in [5.41, 5.74) is 6.09. The van der Waals surface area contributed by atoms with Crippen LogP contribution in [0.3, 0.4) is 0 Å². The van der Waals surface area contributed by atoms with Crippen LogP contribution in [0.25, 0.3) is 0 Å². The molecule has 0 atom stereocenters. The third-order valence-electron chi connectivity index (χ3n) is 0.523. The summed E-state index contributed by atoms with van der Waals surface area (Å²) >= 11 is 0. The van der Waals surface area contributed by atoms with Crippen LogP contribution in [0.5, 0.6) is 0 Å². The van der Waals surface area contributed by atoms with E-state index in [4.69, 9.17) is 16.4 Å². The average Bonchev–Trinajstić information content (AvgIpc) is 1.81. The fraction of sp³-hybridized carbons (Fsp3) is 0. The van der Waals surface area contributed by atoms with Gasteiger partial charge in [0.25, 0.3) is 0 Å². The lowest BCUT2D eigenvalue weighted by atomic mass is 10.9. The second-order valence-electron chi connectivity index (χ2n) is 1.18. The fourth-order valence-corrected chi connectivity index (χ4v) is 0.212. The molecule has 8 nitrogen and oxygen atoms in total. The van der Waals surface area contributed by atoms with Gasteiger partial charge in [-0.05, 0) is 5.53 Å². The van der Waals surface area contributed by atoms with E-state index >= 15 is 0 Å². The van der Waals surface area contributed by atoms with Crippen LogP contribution in [0.4, 0.5) is 0 Å². The van der Waals surface area contributed by atoms with Crippen LogP contribution in [0, 0.1) is 27.0 Å². The molecule has 4 N–H and O–H groups in total. The zero-order valence-electron chi connectivity index (χ0n) is 4.74. The Morgan fingerprint density at radius 1 is 2.00 bits per heavy atom. The Hall–Kier alpha value is -2.04. The number of nitrogens with two attached hydrogens (primary N) is 1. The van der Waals surface area contributed by atoms with Gasteiger partial charge in [0.05, 0.1) is 0 Å². The molecule has 0 bridgehead atoms. The Kier molecular flexibility index (Phi) is 2.45. The van der Waals surface area contributed by atoms with E-state index in [0.29, 0.717) is 0 Å². The lowest BCUT2D eigenvalue weighted by molar-refractivity contribution is -0.568. The van der Waals surface area contributed by atoms with Crippen molar-refractivity contribution in [2.24, 2.45) is 5.73 Å². The number of hydrogen-bond donors (Lipinski definition) is 3. The van der Waals surface area contributed by atoms with Gasteiger partial charge in [-0.1, -0.05) is 0 Å². The van der Waals surface area contributed by atoms with Crippen LogP contribution in [0.15, 0.2) is 0 Å². The van der Waals surface area contributed by atoms with Gasteiger partial charge in [-0.3, -0.25) is 5.41 Å². The van der Waals surface area contributed by atoms with Crippen molar-refractivity contribution in [1.82, 2.24) is 10.5 Å². The van der Waals surface area contributed by atoms with Gasteiger partial charge in [-0.25, -0.2) is 10.1 Å². The molecule has 0 spiro atoms. The molecule has 0 saturated carbocycles. The first-order valence-electron chi connectivity index (χ1n) is 2.02. The van der Waals surface area contributed by atoms with E-state index < -0.39 is 11.0 Å². The number of rotatable bonds is 2. The first-order chi connectivity index (χ1) is 4.57. The monoisotopic (exact) mass is 144 g/mol. The molecule has 8 heteroatoms. The van der Waals surface area contributed by atoms with Gasteiger partial charge >= 0.3 is 0 Å². The summed E-state index contributed by atoms with van der Waals surface area (Å²) in [7, 11) is 0. The number of hydrogen-bond acceptors (Lipinski definition) is 4. The van der Waals surface area contributed by atoms with Gasteiger partial charge in [-0.15, -0.1) is 5.01 Å². The van der Waals surface area contributed by atoms with Crippen molar-refractivity contribution in [3.63, 3.8) is 0 Å². The Balaban J connectivity index is 4.00. The molecule has 0 aromatic carbocycles. The van der Waals surface area contributed by atoms with E-state index in [9.17, 15) is 10.1 Å². The lowest BCUT2D eigenvalue weighted by Crippen LogP contribution is -2.45. The molecular formula is C2H4N6O2. The van der Waals surface area contributed by atoms with E-state index in [0.717, 1.165) is 0 Å². The SMILES string of the molecule is N#CN(N[N+](=O)[O-])C(=N)N. The topological polar surface area (TPSA) is 132 Å². The maximum Gasteiger partial charge on any atom is 0.227 e. The fourth-order valence-electron chi connectivity index (χ4n) is 0.212. The minimum Gasteiger partial charge on any atom is -0.368 e. The highest BCUT2D eigenvalue weighted by atomic mass is 16.7. The number of guanidine groups is 1. The normalized spacial score (nSPS) is 7.50. The highest BCUT2D eigenvalue weighted by molar-refractivity contribution is 5.75.